The van der Waals surface area contributed by atoms with Crippen LogP contribution in [0.15, 0.2) is 60.9 Å². The van der Waals surface area contributed by atoms with Crippen LogP contribution in [0.2, 0.25) is 0 Å². The lowest BCUT2D eigenvalue weighted by molar-refractivity contribution is -0.105. The molecule has 1 amide bonds. The summed E-state index contributed by atoms with van der Waals surface area (Å²) in [5, 5.41) is 13.6. The van der Waals surface area contributed by atoms with Gasteiger partial charge in [0.15, 0.2) is 0 Å². The molecule has 1 fully saturated rings. The van der Waals surface area contributed by atoms with E-state index >= 15 is 0 Å². The first-order valence-corrected chi connectivity index (χ1v) is 13.2. The van der Waals surface area contributed by atoms with Crippen LogP contribution in [-0.2, 0) is 11.2 Å². The van der Waals surface area contributed by atoms with Crippen molar-refractivity contribution < 1.29 is 14.7 Å². The molecular weight excluding hydrogens is 486 g/mol. The normalized spacial score (nSPS) is 14.3. The summed E-state index contributed by atoms with van der Waals surface area (Å²) in [4.78, 5) is 38.0. The highest BCUT2D eigenvalue weighted by Crippen LogP contribution is 2.28. The molecule has 9 heteroatoms. The number of ketones is 1. The Kier molecular flexibility index (Phi) is 7.43. The number of carbonyl (C=O) groups is 2. The summed E-state index contributed by atoms with van der Waals surface area (Å²) >= 11 is 1.49. The van der Waals surface area contributed by atoms with Gasteiger partial charge in [0.2, 0.25) is 12.2 Å². The Morgan fingerprint density at radius 1 is 1.16 bits per heavy atom. The molecule has 0 spiro atoms. The number of phenolic OH excluding ortho intramolecular Hbond substituents is 1. The molecule has 0 saturated carbocycles. The Morgan fingerprint density at radius 3 is 2.76 bits per heavy atom. The maximum absolute atomic E-state index is 13.1. The van der Waals surface area contributed by atoms with Gasteiger partial charge in [0, 0.05) is 42.1 Å². The Hall–Kier alpha value is -3.82. The smallest absolute Gasteiger partial charge is 0.221 e. The molecule has 1 saturated heterocycles. The molecule has 0 radical (unpaired) electrons. The van der Waals surface area contributed by atoms with E-state index in [4.69, 9.17) is 0 Å². The van der Waals surface area contributed by atoms with E-state index in [0.717, 1.165) is 66.1 Å². The highest BCUT2D eigenvalue weighted by Gasteiger charge is 2.24. The minimum Gasteiger partial charge on any atom is -0.508 e. The van der Waals surface area contributed by atoms with Crippen molar-refractivity contribution in [2.75, 3.05) is 36.9 Å². The van der Waals surface area contributed by atoms with Crippen molar-refractivity contribution in [1.82, 2.24) is 14.9 Å². The zero-order chi connectivity index (χ0) is 25.8. The predicted octanol–water partition coefficient (Wildman–Crippen LogP) is 4.34. The number of aromatic nitrogens is 2. The van der Waals surface area contributed by atoms with Crippen LogP contribution in [0.4, 0.5) is 11.5 Å². The minimum absolute atomic E-state index is 0.0742. The van der Waals surface area contributed by atoms with E-state index < -0.39 is 0 Å². The molecule has 0 atom stereocenters. The number of nitrogens with zero attached hydrogens (tertiary/aromatic N) is 4. The third-order valence-electron chi connectivity index (χ3n) is 6.98. The molecule has 37 heavy (non-hydrogen) atoms. The van der Waals surface area contributed by atoms with E-state index in [2.05, 4.69) is 32.1 Å². The van der Waals surface area contributed by atoms with Crippen LogP contribution in [0.5, 0.6) is 5.75 Å². The van der Waals surface area contributed by atoms with Gasteiger partial charge in [0.1, 0.15) is 23.6 Å². The third kappa shape index (κ3) is 5.63. The van der Waals surface area contributed by atoms with Crippen LogP contribution in [0.3, 0.4) is 0 Å². The molecule has 0 aliphatic carbocycles. The summed E-state index contributed by atoms with van der Waals surface area (Å²) in [5.41, 5.74) is 2.05. The molecule has 2 aromatic carbocycles. The second-order valence-corrected chi connectivity index (χ2v) is 10.4. The molecule has 3 heterocycles. The molecule has 2 N–H and O–H groups in total. The predicted molar refractivity (Wildman–Crippen MR) is 147 cm³/mol. The topological polar surface area (TPSA) is 98.7 Å². The first-order chi connectivity index (χ1) is 18.0. The Labute approximate surface area is 219 Å². The maximum Gasteiger partial charge on any atom is 0.221 e. The quantitative estimate of drug-likeness (QED) is 0.194. The van der Waals surface area contributed by atoms with Crippen LogP contribution in [0.25, 0.3) is 10.1 Å². The molecule has 4 aromatic rings. The summed E-state index contributed by atoms with van der Waals surface area (Å²) in [7, 11) is 2.11. The van der Waals surface area contributed by atoms with Gasteiger partial charge in [-0.3, -0.25) is 9.59 Å². The van der Waals surface area contributed by atoms with Gasteiger partial charge in [0.25, 0.3) is 0 Å². The van der Waals surface area contributed by atoms with E-state index in [1.807, 2.05) is 30.3 Å². The first kappa shape index (κ1) is 24.9. The third-order valence-corrected chi connectivity index (χ3v) is 8.10. The first-order valence-electron chi connectivity index (χ1n) is 12.3. The number of amides is 1. The number of nitrogens with one attached hydrogen (secondary N) is 1. The van der Waals surface area contributed by atoms with Crippen molar-refractivity contribution in [3.63, 3.8) is 0 Å². The van der Waals surface area contributed by atoms with E-state index in [-0.39, 0.29) is 11.5 Å². The van der Waals surface area contributed by atoms with Gasteiger partial charge >= 0.3 is 0 Å². The van der Waals surface area contributed by atoms with Gasteiger partial charge in [-0.05, 0) is 67.6 Å². The molecule has 5 rings (SSSR count). The number of thiophene rings is 1. The summed E-state index contributed by atoms with van der Waals surface area (Å²) in [6.07, 6.45) is 4.80. The lowest BCUT2D eigenvalue weighted by Crippen LogP contribution is -2.44. The molecule has 0 unspecified atom stereocenters. The van der Waals surface area contributed by atoms with E-state index in [9.17, 15) is 14.7 Å². The zero-order valence-corrected chi connectivity index (χ0v) is 21.4. The fourth-order valence-corrected chi connectivity index (χ4v) is 5.88. The van der Waals surface area contributed by atoms with Crippen LogP contribution in [0, 0.1) is 0 Å². The lowest BCUT2D eigenvalue weighted by atomic mass is 10.0. The van der Waals surface area contributed by atoms with E-state index in [1.54, 1.807) is 24.3 Å². The number of rotatable bonds is 9. The van der Waals surface area contributed by atoms with Crippen molar-refractivity contribution in [2.24, 2.45) is 0 Å². The number of fused-ring (bicyclic) bond motifs is 1. The van der Waals surface area contributed by atoms with Gasteiger partial charge in [0.05, 0.1) is 4.88 Å². The van der Waals surface area contributed by atoms with E-state index in [0.29, 0.717) is 23.0 Å². The number of aromatic hydroxyl groups is 1. The largest absolute Gasteiger partial charge is 0.508 e. The number of hydrogen-bond acceptors (Lipinski definition) is 8. The highest BCUT2D eigenvalue weighted by atomic mass is 32.1. The number of piperidine rings is 1. The molecule has 1 aliphatic heterocycles. The standard InChI is InChI=1S/C28H29N5O3S/c1-32(11-8-19-14-22(35)6-7-23(19)31-18-34)21-9-12-33(13-10-21)27-16-24(29-17-30-27)28(36)26-15-20-4-2-3-5-25(20)37-26/h2-7,14-18,21,35H,8-13H2,1H3,(H,31,34). The number of benzene rings is 2. The Balaban J connectivity index is 1.19. The second-order valence-electron chi connectivity index (χ2n) is 9.29. The van der Waals surface area contributed by atoms with Crippen molar-refractivity contribution in [1.29, 1.82) is 0 Å². The zero-order valence-electron chi connectivity index (χ0n) is 20.6. The van der Waals surface area contributed by atoms with E-state index in [1.165, 1.54) is 17.7 Å². The fraction of sp³-hybridized carbons (Fsp3) is 0.286. The number of hydrogen-bond donors (Lipinski definition) is 2. The van der Waals surface area contributed by atoms with Gasteiger partial charge in [-0.2, -0.15) is 0 Å². The Bertz CT molecular complexity index is 1380. The lowest BCUT2D eigenvalue weighted by Gasteiger charge is -2.37. The van der Waals surface area contributed by atoms with Crippen LogP contribution in [-0.4, -0.2) is 64.9 Å². The van der Waals surface area contributed by atoms with Crippen molar-refractivity contribution in [3.05, 3.63) is 77.1 Å². The maximum atomic E-state index is 13.1. The number of carbonyl (C=O) groups excluding carboxylic acids is 2. The summed E-state index contributed by atoms with van der Waals surface area (Å²) in [6, 6.07) is 17.1. The average molecular weight is 516 g/mol. The monoisotopic (exact) mass is 515 g/mol. The highest BCUT2D eigenvalue weighted by molar-refractivity contribution is 7.21. The molecule has 8 nitrogen and oxygen atoms in total. The van der Waals surface area contributed by atoms with Crippen molar-refractivity contribution in [3.8, 4) is 5.75 Å². The average Bonchev–Trinajstić information content (AvgIpc) is 3.37. The molecule has 190 valence electrons. The van der Waals surface area contributed by atoms with Crippen molar-refractivity contribution >= 4 is 45.1 Å². The molecule has 1 aliphatic rings. The second kappa shape index (κ2) is 11.1. The van der Waals surface area contributed by atoms with Crippen LogP contribution in [0.1, 0.15) is 33.8 Å². The number of phenols is 1. The summed E-state index contributed by atoms with van der Waals surface area (Å²) < 4.78 is 1.09. The minimum atomic E-state index is -0.0742. The van der Waals surface area contributed by atoms with Gasteiger partial charge in [-0.25, -0.2) is 9.97 Å². The molecule has 2 aromatic heterocycles. The van der Waals surface area contributed by atoms with Gasteiger partial charge in [-0.15, -0.1) is 11.3 Å². The summed E-state index contributed by atoms with van der Waals surface area (Å²) in [5.74, 6) is 0.900. The van der Waals surface area contributed by atoms with Crippen LogP contribution >= 0.6 is 11.3 Å². The van der Waals surface area contributed by atoms with Gasteiger partial charge < -0.3 is 20.2 Å². The van der Waals surface area contributed by atoms with Crippen molar-refractivity contribution in [2.45, 2.75) is 25.3 Å². The SMILES string of the molecule is CN(CCc1cc(O)ccc1NC=O)C1CCN(c2cc(C(=O)c3cc4ccccc4s3)ncn2)CC1. The van der Waals surface area contributed by atoms with Crippen LogP contribution < -0.4 is 10.2 Å². The fourth-order valence-electron chi connectivity index (χ4n) is 4.87. The van der Waals surface area contributed by atoms with Gasteiger partial charge in [-0.1, -0.05) is 18.2 Å². The number of likely N-dealkylation sites (N-methyl/N-ethyl adjacent to an activating group) is 1. The summed E-state index contributed by atoms with van der Waals surface area (Å²) in [6.45, 7) is 2.49. The molecule has 0 bridgehead atoms. The number of anilines is 2. The Morgan fingerprint density at radius 2 is 1.97 bits per heavy atom. The molecular formula is C28H29N5O3S.